The zero-order chi connectivity index (χ0) is 13.2. The SMILES string of the molecule is FC(F)(F)c1cccc(C2CCCCC(Cl)C2)c1. The summed E-state index contributed by atoms with van der Waals surface area (Å²) in [4.78, 5) is 0. The molecule has 1 saturated carbocycles. The van der Waals surface area contributed by atoms with E-state index in [2.05, 4.69) is 0 Å². The summed E-state index contributed by atoms with van der Waals surface area (Å²) in [7, 11) is 0. The smallest absolute Gasteiger partial charge is 0.166 e. The molecule has 0 radical (unpaired) electrons. The van der Waals surface area contributed by atoms with Crippen LogP contribution in [0.25, 0.3) is 0 Å². The van der Waals surface area contributed by atoms with Crippen LogP contribution in [0.1, 0.15) is 49.1 Å². The van der Waals surface area contributed by atoms with E-state index < -0.39 is 11.7 Å². The van der Waals surface area contributed by atoms with E-state index in [-0.39, 0.29) is 11.3 Å². The molecule has 0 spiro atoms. The maximum atomic E-state index is 12.7. The summed E-state index contributed by atoms with van der Waals surface area (Å²) in [6.07, 6.45) is 0.541. The number of alkyl halides is 4. The molecule has 0 nitrogen and oxygen atoms in total. The first kappa shape index (κ1) is 13.7. The Balaban J connectivity index is 2.22. The number of hydrogen-bond donors (Lipinski definition) is 0. The maximum Gasteiger partial charge on any atom is 0.416 e. The molecule has 0 N–H and O–H groups in total. The number of halogens is 4. The van der Waals surface area contributed by atoms with Crippen molar-refractivity contribution in [2.75, 3.05) is 0 Å². The van der Waals surface area contributed by atoms with Crippen molar-refractivity contribution in [3.05, 3.63) is 35.4 Å². The Morgan fingerprint density at radius 2 is 1.83 bits per heavy atom. The van der Waals surface area contributed by atoms with Gasteiger partial charge in [-0.05, 0) is 36.8 Å². The summed E-state index contributed by atoms with van der Waals surface area (Å²) in [5.74, 6) is 0.164. The molecule has 4 heteroatoms. The minimum Gasteiger partial charge on any atom is -0.166 e. The molecule has 0 aliphatic heterocycles. The molecular weight excluding hydrogens is 261 g/mol. The van der Waals surface area contributed by atoms with Crippen molar-refractivity contribution in [1.82, 2.24) is 0 Å². The number of benzene rings is 1. The fraction of sp³-hybridized carbons (Fsp3) is 0.571. The van der Waals surface area contributed by atoms with Crippen LogP contribution in [-0.4, -0.2) is 5.38 Å². The molecule has 1 aliphatic carbocycles. The molecule has 2 unspecified atom stereocenters. The monoisotopic (exact) mass is 276 g/mol. The van der Waals surface area contributed by atoms with Crippen molar-refractivity contribution in [3.8, 4) is 0 Å². The fourth-order valence-electron chi connectivity index (χ4n) is 2.57. The van der Waals surface area contributed by atoms with Crippen molar-refractivity contribution in [3.63, 3.8) is 0 Å². The van der Waals surface area contributed by atoms with Gasteiger partial charge in [0.25, 0.3) is 0 Å². The van der Waals surface area contributed by atoms with Gasteiger partial charge in [-0.3, -0.25) is 0 Å². The molecule has 1 aromatic rings. The molecule has 2 atom stereocenters. The second kappa shape index (κ2) is 5.52. The molecule has 0 saturated heterocycles. The number of hydrogen-bond acceptors (Lipinski definition) is 0. The van der Waals surface area contributed by atoms with Crippen molar-refractivity contribution < 1.29 is 13.2 Å². The molecule has 100 valence electrons. The van der Waals surface area contributed by atoms with Gasteiger partial charge in [-0.1, -0.05) is 31.0 Å². The summed E-state index contributed by atoms with van der Waals surface area (Å²) in [6.45, 7) is 0. The minimum atomic E-state index is -4.26. The summed E-state index contributed by atoms with van der Waals surface area (Å²) in [5, 5.41) is 0.0899. The van der Waals surface area contributed by atoms with Gasteiger partial charge in [-0.15, -0.1) is 11.6 Å². The van der Waals surface area contributed by atoms with Gasteiger partial charge in [0.2, 0.25) is 0 Å². The molecule has 18 heavy (non-hydrogen) atoms. The van der Waals surface area contributed by atoms with Crippen LogP contribution in [-0.2, 0) is 6.18 Å². The van der Waals surface area contributed by atoms with Gasteiger partial charge >= 0.3 is 6.18 Å². The Labute approximate surface area is 110 Å². The van der Waals surface area contributed by atoms with Crippen molar-refractivity contribution in [1.29, 1.82) is 0 Å². The van der Waals surface area contributed by atoms with Crippen LogP contribution in [0.4, 0.5) is 13.2 Å². The maximum absolute atomic E-state index is 12.7. The molecule has 0 amide bonds. The summed E-state index contributed by atoms with van der Waals surface area (Å²) < 4.78 is 38.0. The lowest BCUT2D eigenvalue weighted by molar-refractivity contribution is -0.137. The van der Waals surface area contributed by atoms with Crippen molar-refractivity contribution >= 4 is 11.6 Å². The first-order chi connectivity index (χ1) is 8.47. The van der Waals surface area contributed by atoms with Gasteiger partial charge in [0.1, 0.15) is 0 Å². The lowest BCUT2D eigenvalue weighted by atomic mass is 9.90. The molecule has 2 rings (SSSR count). The first-order valence-electron chi connectivity index (χ1n) is 6.28. The fourth-order valence-corrected chi connectivity index (χ4v) is 2.94. The zero-order valence-corrected chi connectivity index (χ0v) is 10.8. The van der Waals surface area contributed by atoms with Crippen LogP contribution in [0.2, 0.25) is 0 Å². The lowest BCUT2D eigenvalue weighted by Gasteiger charge is -2.18. The van der Waals surface area contributed by atoms with Crippen LogP contribution >= 0.6 is 11.6 Å². The molecule has 0 aromatic heterocycles. The Kier molecular flexibility index (Phi) is 4.21. The molecule has 1 aromatic carbocycles. The van der Waals surface area contributed by atoms with E-state index in [1.165, 1.54) is 12.1 Å². The average Bonchev–Trinajstić information content (AvgIpc) is 2.53. The number of rotatable bonds is 1. The van der Waals surface area contributed by atoms with Crippen LogP contribution in [0, 0.1) is 0 Å². The third-order valence-corrected chi connectivity index (χ3v) is 3.94. The summed E-state index contributed by atoms with van der Waals surface area (Å²) >= 11 is 6.17. The second-order valence-electron chi connectivity index (χ2n) is 4.94. The van der Waals surface area contributed by atoms with E-state index in [1.54, 1.807) is 6.07 Å². The van der Waals surface area contributed by atoms with Gasteiger partial charge in [0.05, 0.1) is 5.56 Å². The Morgan fingerprint density at radius 3 is 2.56 bits per heavy atom. The van der Waals surface area contributed by atoms with Crippen molar-refractivity contribution in [2.24, 2.45) is 0 Å². The van der Waals surface area contributed by atoms with Gasteiger partial charge in [-0.25, -0.2) is 0 Å². The third-order valence-electron chi connectivity index (χ3n) is 3.55. The van der Waals surface area contributed by atoms with E-state index in [0.29, 0.717) is 0 Å². The third kappa shape index (κ3) is 3.41. The normalized spacial score (nSPS) is 25.8. The highest BCUT2D eigenvalue weighted by molar-refractivity contribution is 6.20. The summed E-state index contributed by atoms with van der Waals surface area (Å²) in [5.41, 5.74) is 0.216. The van der Waals surface area contributed by atoms with Gasteiger partial charge in [0, 0.05) is 5.38 Å². The first-order valence-corrected chi connectivity index (χ1v) is 6.71. The van der Waals surface area contributed by atoms with Crippen molar-refractivity contribution in [2.45, 2.75) is 49.6 Å². The van der Waals surface area contributed by atoms with E-state index in [4.69, 9.17) is 11.6 Å². The average molecular weight is 277 g/mol. The van der Waals surface area contributed by atoms with Crippen LogP contribution in [0.15, 0.2) is 24.3 Å². The van der Waals surface area contributed by atoms with E-state index in [9.17, 15) is 13.2 Å². The second-order valence-corrected chi connectivity index (χ2v) is 5.55. The van der Waals surface area contributed by atoms with Gasteiger partial charge in [-0.2, -0.15) is 13.2 Å². The highest BCUT2D eigenvalue weighted by atomic mass is 35.5. The Morgan fingerprint density at radius 1 is 1.11 bits per heavy atom. The molecular formula is C14H16ClF3. The van der Waals surface area contributed by atoms with E-state index in [0.717, 1.165) is 43.7 Å². The minimum absolute atomic E-state index is 0.0899. The standard InChI is InChI=1S/C14H16ClF3/c15-13-7-2-1-4-11(9-13)10-5-3-6-12(8-10)14(16,17)18/h3,5-6,8,11,13H,1-2,4,7,9H2. The van der Waals surface area contributed by atoms with E-state index in [1.807, 2.05) is 0 Å². The predicted octanol–water partition coefficient (Wildman–Crippen LogP) is 5.36. The Hall–Kier alpha value is -0.700. The zero-order valence-electron chi connectivity index (χ0n) is 10.0. The largest absolute Gasteiger partial charge is 0.416 e. The van der Waals surface area contributed by atoms with Gasteiger partial charge < -0.3 is 0 Å². The van der Waals surface area contributed by atoms with Crippen LogP contribution in [0.3, 0.4) is 0 Å². The van der Waals surface area contributed by atoms with Gasteiger partial charge in [0.15, 0.2) is 0 Å². The predicted molar refractivity (Wildman–Crippen MR) is 66.9 cm³/mol. The quantitative estimate of drug-likeness (QED) is 0.478. The molecule has 0 heterocycles. The lowest BCUT2D eigenvalue weighted by Crippen LogP contribution is -2.08. The summed E-state index contributed by atoms with van der Waals surface area (Å²) in [6, 6.07) is 5.68. The highest BCUT2D eigenvalue weighted by Crippen LogP contribution is 2.36. The molecule has 0 bridgehead atoms. The molecule has 1 fully saturated rings. The van der Waals surface area contributed by atoms with E-state index >= 15 is 0 Å². The Bertz CT molecular complexity index is 400. The van der Waals surface area contributed by atoms with Crippen LogP contribution in [0.5, 0.6) is 0 Å². The molecule has 1 aliphatic rings. The topological polar surface area (TPSA) is 0 Å². The van der Waals surface area contributed by atoms with Crippen LogP contribution < -0.4 is 0 Å². The highest BCUT2D eigenvalue weighted by Gasteiger charge is 2.31.